The molecule has 1 saturated carbocycles. The van der Waals surface area contributed by atoms with Gasteiger partial charge < -0.3 is 15.3 Å². The fourth-order valence-electron chi connectivity index (χ4n) is 3.24. The molecular weight excluding hydrogens is 228 g/mol. The molecule has 4 heteroatoms. The number of carbonyl (C=O) groups is 1. The van der Waals surface area contributed by atoms with E-state index in [-0.39, 0.29) is 18.1 Å². The Kier molecular flexibility index (Phi) is 5.01. The van der Waals surface area contributed by atoms with Gasteiger partial charge in [0.25, 0.3) is 0 Å². The van der Waals surface area contributed by atoms with Gasteiger partial charge in [-0.3, -0.25) is 4.79 Å². The number of hydrogen-bond donors (Lipinski definition) is 2. The van der Waals surface area contributed by atoms with E-state index in [1.165, 1.54) is 6.42 Å². The first-order valence-corrected chi connectivity index (χ1v) is 7.42. The van der Waals surface area contributed by atoms with Crippen LogP contribution in [0.5, 0.6) is 0 Å². The number of amides is 1. The van der Waals surface area contributed by atoms with E-state index in [4.69, 9.17) is 0 Å². The minimum atomic E-state index is -0.203. The highest BCUT2D eigenvalue weighted by Gasteiger charge is 2.32. The highest BCUT2D eigenvalue weighted by Crippen LogP contribution is 2.26. The van der Waals surface area contributed by atoms with Crippen molar-refractivity contribution >= 4 is 5.91 Å². The van der Waals surface area contributed by atoms with Crippen LogP contribution in [0, 0.1) is 5.92 Å². The van der Waals surface area contributed by atoms with Gasteiger partial charge in [-0.15, -0.1) is 0 Å². The summed E-state index contributed by atoms with van der Waals surface area (Å²) in [4.78, 5) is 14.2. The summed E-state index contributed by atoms with van der Waals surface area (Å²) >= 11 is 0. The van der Waals surface area contributed by atoms with E-state index in [0.29, 0.717) is 5.92 Å². The third kappa shape index (κ3) is 3.23. The molecule has 1 amide bonds. The van der Waals surface area contributed by atoms with Crippen LogP contribution in [-0.4, -0.2) is 47.7 Å². The van der Waals surface area contributed by atoms with Crippen molar-refractivity contribution in [1.82, 2.24) is 10.2 Å². The standard InChI is InChI=1S/C14H26N2O2/c1-2-15-12-7-5-9-16(14(12)18)10-11-6-3-4-8-13(11)17/h11-13,15,17H,2-10H2,1H3. The summed E-state index contributed by atoms with van der Waals surface area (Å²) < 4.78 is 0. The van der Waals surface area contributed by atoms with Gasteiger partial charge in [-0.25, -0.2) is 0 Å². The summed E-state index contributed by atoms with van der Waals surface area (Å²) in [6.07, 6.45) is 6.13. The van der Waals surface area contributed by atoms with E-state index in [1.807, 2.05) is 11.8 Å². The second-order valence-corrected chi connectivity index (χ2v) is 5.65. The smallest absolute Gasteiger partial charge is 0.239 e. The lowest BCUT2D eigenvalue weighted by Crippen LogP contribution is -2.52. The summed E-state index contributed by atoms with van der Waals surface area (Å²) in [6, 6.07) is 0.00415. The molecule has 0 radical (unpaired) electrons. The van der Waals surface area contributed by atoms with Crippen LogP contribution in [0.4, 0.5) is 0 Å². The van der Waals surface area contributed by atoms with Crippen LogP contribution < -0.4 is 5.32 Å². The predicted molar refractivity (Wildman–Crippen MR) is 71.2 cm³/mol. The van der Waals surface area contributed by atoms with Gasteiger partial charge in [-0.1, -0.05) is 19.8 Å². The molecule has 2 aliphatic rings. The predicted octanol–water partition coefficient (Wildman–Crippen LogP) is 1.14. The number of carbonyl (C=O) groups excluding carboxylic acids is 1. The highest BCUT2D eigenvalue weighted by molar-refractivity contribution is 5.82. The van der Waals surface area contributed by atoms with Crippen LogP contribution in [0.25, 0.3) is 0 Å². The maximum absolute atomic E-state index is 12.3. The average Bonchev–Trinajstić information content (AvgIpc) is 2.37. The molecule has 0 bridgehead atoms. The molecular formula is C14H26N2O2. The molecule has 1 aliphatic heterocycles. The molecule has 3 atom stereocenters. The van der Waals surface area contributed by atoms with E-state index in [0.717, 1.165) is 51.7 Å². The van der Waals surface area contributed by atoms with Crippen LogP contribution >= 0.6 is 0 Å². The van der Waals surface area contributed by atoms with Crippen molar-refractivity contribution in [2.24, 2.45) is 5.92 Å². The lowest BCUT2D eigenvalue weighted by molar-refractivity contribution is -0.137. The number of aliphatic hydroxyl groups excluding tert-OH is 1. The molecule has 2 fully saturated rings. The number of hydrogen-bond acceptors (Lipinski definition) is 3. The molecule has 1 heterocycles. The molecule has 4 nitrogen and oxygen atoms in total. The monoisotopic (exact) mass is 254 g/mol. The van der Waals surface area contributed by atoms with Crippen molar-refractivity contribution < 1.29 is 9.90 Å². The van der Waals surface area contributed by atoms with Crippen molar-refractivity contribution in [3.63, 3.8) is 0 Å². The van der Waals surface area contributed by atoms with Gasteiger partial charge in [0.1, 0.15) is 0 Å². The van der Waals surface area contributed by atoms with E-state index in [1.54, 1.807) is 0 Å². The zero-order chi connectivity index (χ0) is 13.0. The van der Waals surface area contributed by atoms with Crippen molar-refractivity contribution in [2.45, 2.75) is 57.6 Å². The number of nitrogens with one attached hydrogen (secondary N) is 1. The van der Waals surface area contributed by atoms with Crippen molar-refractivity contribution in [3.05, 3.63) is 0 Å². The average molecular weight is 254 g/mol. The third-order valence-electron chi connectivity index (χ3n) is 4.30. The van der Waals surface area contributed by atoms with Gasteiger partial charge in [0.05, 0.1) is 12.1 Å². The first-order chi connectivity index (χ1) is 8.72. The minimum absolute atomic E-state index is 0.00415. The molecule has 1 saturated heterocycles. The number of piperidine rings is 1. The topological polar surface area (TPSA) is 52.6 Å². The quantitative estimate of drug-likeness (QED) is 0.791. The Morgan fingerprint density at radius 1 is 1.28 bits per heavy atom. The SMILES string of the molecule is CCNC1CCCN(CC2CCCCC2O)C1=O. The Bertz CT molecular complexity index is 281. The second-order valence-electron chi connectivity index (χ2n) is 5.65. The molecule has 1 aliphatic carbocycles. The summed E-state index contributed by atoms with van der Waals surface area (Å²) in [7, 11) is 0. The fraction of sp³-hybridized carbons (Fsp3) is 0.929. The lowest BCUT2D eigenvalue weighted by atomic mass is 9.85. The Morgan fingerprint density at radius 2 is 2.06 bits per heavy atom. The number of likely N-dealkylation sites (N-methyl/N-ethyl adjacent to an activating group) is 1. The molecule has 2 N–H and O–H groups in total. The van der Waals surface area contributed by atoms with Gasteiger partial charge in [0.15, 0.2) is 0 Å². The Labute approximate surface area is 110 Å². The number of likely N-dealkylation sites (tertiary alicyclic amines) is 1. The van der Waals surface area contributed by atoms with Crippen LogP contribution in [0.2, 0.25) is 0 Å². The number of aliphatic hydroxyl groups is 1. The fourth-order valence-corrected chi connectivity index (χ4v) is 3.24. The summed E-state index contributed by atoms with van der Waals surface area (Å²) in [5, 5.41) is 13.3. The molecule has 2 rings (SSSR count). The van der Waals surface area contributed by atoms with Gasteiger partial charge >= 0.3 is 0 Å². The highest BCUT2D eigenvalue weighted by atomic mass is 16.3. The maximum Gasteiger partial charge on any atom is 0.239 e. The van der Waals surface area contributed by atoms with Crippen molar-refractivity contribution in [3.8, 4) is 0 Å². The number of nitrogens with zero attached hydrogens (tertiary/aromatic N) is 1. The zero-order valence-corrected chi connectivity index (χ0v) is 11.4. The number of rotatable bonds is 4. The first kappa shape index (κ1) is 13.8. The van der Waals surface area contributed by atoms with E-state index >= 15 is 0 Å². The molecule has 0 aromatic rings. The van der Waals surface area contributed by atoms with E-state index < -0.39 is 0 Å². The first-order valence-electron chi connectivity index (χ1n) is 7.42. The van der Waals surface area contributed by atoms with Crippen LogP contribution in [-0.2, 0) is 4.79 Å². The molecule has 104 valence electrons. The summed E-state index contributed by atoms with van der Waals surface area (Å²) in [5.74, 6) is 0.531. The Morgan fingerprint density at radius 3 is 2.78 bits per heavy atom. The molecule has 0 aromatic carbocycles. The maximum atomic E-state index is 12.3. The minimum Gasteiger partial charge on any atom is -0.393 e. The van der Waals surface area contributed by atoms with Gasteiger partial charge in [-0.2, -0.15) is 0 Å². The van der Waals surface area contributed by atoms with Crippen LogP contribution in [0.3, 0.4) is 0 Å². The van der Waals surface area contributed by atoms with Gasteiger partial charge in [0, 0.05) is 19.0 Å². The summed E-state index contributed by atoms with van der Waals surface area (Å²) in [5.41, 5.74) is 0. The molecule has 0 aromatic heterocycles. The Hall–Kier alpha value is -0.610. The van der Waals surface area contributed by atoms with E-state index in [9.17, 15) is 9.90 Å². The Balaban J connectivity index is 1.89. The summed E-state index contributed by atoms with van der Waals surface area (Å²) in [6.45, 7) is 4.50. The largest absolute Gasteiger partial charge is 0.393 e. The normalized spacial score (nSPS) is 33.8. The van der Waals surface area contributed by atoms with Crippen LogP contribution in [0.1, 0.15) is 45.4 Å². The molecule has 3 unspecified atom stereocenters. The zero-order valence-electron chi connectivity index (χ0n) is 11.4. The lowest BCUT2D eigenvalue weighted by Gasteiger charge is -2.37. The molecule has 18 heavy (non-hydrogen) atoms. The molecule has 0 spiro atoms. The van der Waals surface area contributed by atoms with Crippen molar-refractivity contribution in [2.75, 3.05) is 19.6 Å². The van der Waals surface area contributed by atoms with E-state index in [2.05, 4.69) is 5.32 Å². The van der Waals surface area contributed by atoms with Gasteiger partial charge in [0.2, 0.25) is 5.91 Å². The third-order valence-corrected chi connectivity index (χ3v) is 4.30. The van der Waals surface area contributed by atoms with Gasteiger partial charge in [-0.05, 0) is 32.2 Å². The van der Waals surface area contributed by atoms with Crippen LogP contribution in [0.15, 0.2) is 0 Å². The second kappa shape index (κ2) is 6.53. The van der Waals surface area contributed by atoms with Crippen molar-refractivity contribution in [1.29, 1.82) is 0 Å².